The Morgan fingerprint density at radius 3 is 2.29 bits per heavy atom. The SMILES string of the molecule is O=C(NCc1ccccc1-c1ccccc1)c1ccc(-c2ccc(Cl)cc2)o1. The van der Waals surface area contributed by atoms with E-state index in [-0.39, 0.29) is 11.7 Å². The molecule has 0 saturated heterocycles. The highest BCUT2D eigenvalue weighted by Crippen LogP contribution is 2.25. The average molecular weight is 388 g/mol. The van der Waals surface area contributed by atoms with Crippen LogP contribution in [0.25, 0.3) is 22.5 Å². The summed E-state index contributed by atoms with van der Waals surface area (Å²) in [6.45, 7) is 0.418. The standard InChI is InChI=1S/C24H18ClNO2/c25-20-12-10-18(11-13-20)22-14-15-23(28-22)24(27)26-16-19-8-4-5-9-21(19)17-6-2-1-3-7-17/h1-15H,16H2,(H,26,27). The van der Waals surface area contributed by atoms with Crippen molar-refractivity contribution >= 4 is 17.5 Å². The molecular weight excluding hydrogens is 370 g/mol. The fraction of sp³-hybridized carbons (Fsp3) is 0.0417. The van der Waals surface area contributed by atoms with Crippen molar-refractivity contribution in [3.63, 3.8) is 0 Å². The summed E-state index contributed by atoms with van der Waals surface area (Å²) in [5.74, 6) is 0.664. The Hall–Kier alpha value is -3.30. The van der Waals surface area contributed by atoms with Crippen molar-refractivity contribution in [3.05, 3.63) is 107 Å². The minimum absolute atomic E-state index is 0.247. The van der Waals surface area contributed by atoms with Crippen LogP contribution in [0.5, 0.6) is 0 Å². The molecule has 0 atom stereocenters. The molecule has 1 amide bonds. The van der Waals surface area contributed by atoms with Gasteiger partial charge in [-0.2, -0.15) is 0 Å². The summed E-state index contributed by atoms with van der Waals surface area (Å²) in [6, 6.07) is 28.9. The first-order valence-electron chi connectivity index (χ1n) is 8.98. The summed E-state index contributed by atoms with van der Waals surface area (Å²) >= 11 is 5.92. The zero-order valence-corrected chi connectivity index (χ0v) is 15.8. The summed E-state index contributed by atoms with van der Waals surface area (Å²) in [5.41, 5.74) is 4.14. The topological polar surface area (TPSA) is 42.2 Å². The molecule has 0 unspecified atom stereocenters. The first kappa shape index (κ1) is 18.1. The number of hydrogen-bond acceptors (Lipinski definition) is 2. The largest absolute Gasteiger partial charge is 0.451 e. The van der Waals surface area contributed by atoms with E-state index in [1.165, 1.54) is 0 Å². The molecule has 0 spiro atoms. The number of carbonyl (C=O) groups is 1. The number of amides is 1. The summed E-state index contributed by atoms with van der Waals surface area (Å²) in [5, 5.41) is 3.60. The monoisotopic (exact) mass is 387 g/mol. The maximum atomic E-state index is 12.5. The Bertz CT molecular complexity index is 1090. The van der Waals surface area contributed by atoms with E-state index in [0.717, 1.165) is 22.3 Å². The van der Waals surface area contributed by atoms with E-state index in [1.807, 2.05) is 48.5 Å². The van der Waals surface area contributed by atoms with Gasteiger partial charge in [-0.05, 0) is 53.1 Å². The lowest BCUT2D eigenvalue weighted by Crippen LogP contribution is -2.22. The molecule has 0 aliphatic rings. The third-order valence-electron chi connectivity index (χ3n) is 4.50. The van der Waals surface area contributed by atoms with Crippen LogP contribution >= 0.6 is 11.6 Å². The van der Waals surface area contributed by atoms with Gasteiger partial charge in [0, 0.05) is 17.1 Å². The number of rotatable bonds is 5. The van der Waals surface area contributed by atoms with Crippen molar-refractivity contribution in [2.45, 2.75) is 6.54 Å². The summed E-state index contributed by atoms with van der Waals surface area (Å²) in [4.78, 5) is 12.5. The van der Waals surface area contributed by atoms with Gasteiger partial charge in [0.25, 0.3) is 5.91 Å². The predicted octanol–water partition coefficient (Wildman–Crippen LogP) is 6.20. The second kappa shape index (κ2) is 8.15. The minimum Gasteiger partial charge on any atom is -0.451 e. The Morgan fingerprint density at radius 1 is 0.786 bits per heavy atom. The molecule has 4 heteroatoms. The number of nitrogens with one attached hydrogen (secondary N) is 1. The van der Waals surface area contributed by atoms with Crippen LogP contribution in [-0.4, -0.2) is 5.91 Å². The molecule has 0 radical (unpaired) electrons. The predicted molar refractivity (Wildman–Crippen MR) is 112 cm³/mol. The van der Waals surface area contributed by atoms with Crippen molar-refractivity contribution in [1.29, 1.82) is 0 Å². The van der Waals surface area contributed by atoms with Crippen LogP contribution in [0, 0.1) is 0 Å². The lowest BCUT2D eigenvalue weighted by atomic mass is 10.00. The van der Waals surface area contributed by atoms with Gasteiger partial charge in [-0.1, -0.05) is 66.2 Å². The fourth-order valence-electron chi connectivity index (χ4n) is 3.07. The van der Waals surface area contributed by atoms with E-state index in [0.29, 0.717) is 17.3 Å². The van der Waals surface area contributed by atoms with Gasteiger partial charge < -0.3 is 9.73 Å². The second-order valence-corrected chi connectivity index (χ2v) is 6.81. The van der Waals surface area contributed by atoms with E-state index in [4.69, 9.17) is 16.0 Å². The molecule has 0 aliphatic carbocycles. The molecule has 0 saturated carbocycles. The Morgan fingerprint density at radius 2 is 1.50 bits per heavy atom. The van der Waals surface area contributed by atoms with Crippen molar-refractivity contribution in [2.24, 2.45) is 0 Å². The Balaban J connectivity index is 1.48. The summed E-state index contributed by atoms with van der Waals surface area (Å²) < 4.78 is 5.72. The zero-order chi connectivity index (χ0) is 19.3. The van der Waals surface area contributed by atoms with Gasteiger partial charge in [0.15, 0.2) is 5.76 Å². The fourth-order valence-corrected chi connectivity index (χ4v) is 3.19. The van der Waals surface area contributed by atoms with Gasteiger partial charge in [-0.3, -0.25) is 4.79 Å². The van der Waals surface area contributed by atoms with Gasteiger partial charge in [0.05, 0.1) is 0 Å². The van der Waals surface area contributed by atoms with Gasteiger partial charge in [0.2, 0.25) is 0 Å². The quantitative estimate of drug-likeness (QED) is 0.443. The van der Waals surface area contributed by atoms with Crippen molar-refractivity contribution < 1.29 is 9.21 Å². The van der Waals surface area contributed by atoms with Crippen LogP contribution in [0.3, 0.4) is 0 Å². The summed E-state index contributed by atoms with van der Waals surface area (Å²) in [6.07, 6.45) is 0. The highest BCUT2D eigenvalue weighted by molar-refractivity contribution is 6.30. The number of hydrogen-bond donors (Lipinski definition) is 1. The number of carbonyl (C=O) groups excluding carboxylic acids is 1. The van der Waals surface area contributed by atoms with Crippen LogP contribution in [0.1, 0.15) is 16.1 Å². The van der Waals surface area contributed by atoms with E-state index in [9.17, 15) is 4.79 Å². The molecule has 4 rings (SSSR count). The molecular formula is C24H18ClNO2. The lowest BCUT2D eigenvalue weighted by Gasteiger charge is -2.10. The normalized spacial score (nSPS) is 10.6. The minimum atomic E-state index is -0.247. The first-order chi connectivity index (χ1) is 13.7. The van der Waals surface area contributed by atoms with Gasteiger partial charge in [0.1, 0.15) is 5.76 Å². The smallest absolute Gasteiger partial charge is 0.287 e. The molecule has 0 bridgehead atoms. The third kappa shape index (κ3) is 4.00. The Kier molecular flexibility index (Phi) is 5.27. The number of benzene rings is 3. The van der Waals surface area contributed by atoms with Crippen molar-refractivity contribution in [3.8, 4) is 22.5 Å². The molecule has 3 nitrogen and oxygen atoms in total. The maximum absolute atomic E-state index is 12.5. The molecule has 28 heavy (non-hydrogen) atoms. The zero-order valence-electron chi connectivity index (χ0n) is 15.1. The molecule has 4 aromatic rings. The Labute approximate surface area is 168 Å². The van der Waals surface area contributed by atoms with Gasteiger partial charge in [-0.25, -0.2) is 0 Å². The summed E-state index contributed by atoms with van der Waals surface area (Å²) in [7, 11) is 0. The van der Waals surface area contributed by atoms with Crippen LogP contribution in [0.2, 0.25) is 5.02 Å². The molecule has 138 valence electrons. The van der Waals surface area contributed by atoms with E-state index < -0.39 is 0 Å². The first-order valence-corrected chi connectivity index (χ1v) is 9.36. The average Bonchev–Trinajstić information content (AvgIpc) is 3.24. The van der Waals surface area contributed by atoms with Crippen molar-refractivity contribution in [2.75, 3.05) is 0 Å². The molecule has 1 heterocycles. The molecule has 0 fully saturated rings. The molecule has 1 aromatic heterocycles. The molecule has 1 N–H and O–H groups in total. The van der Waals surface area contributed by atoms with Crippen LogP contribution in [0.4, 0.5) is 0 Å². The highest BCUT2D eigenvalue weighted by atomic mass is 35.5. The van der Waals surface area contributed by atoms with E-state index >= 15 is 0 Å². The number of halogens is 1. The van der Waals surface area contributed by atoms with Gasteiger partial charge in [-0.15, -0.1) is 0 Å². The van der Waals surface area contributed by atoms with Gasteiger partial charge >= 0.3 is 0 Å². The van der Waals surface area contributed by atoms with Crippen molar-refractivity contribution in [1.82, 2.24) is 5.32 Å². The van der Waals surface area contributed by atoms with Crippen LogP contribution in [-0.2, 0) is 6.54 Å². The van der Waals surface area contributed by atoms with E-state index in [1.54, 1.807) is 24.3 Å². The maximum Gasteiger partial charge on any atom is 0.287 e. The van der Waals surface area contributed by atoms with E-state index in [2.05, 4.69) is 23.5 Å². The second-order valence-electron chi connectivity index (χ2n) is 6.38. The van der Waals surface area contributed by atoms with Crippen LogP contribution in [0.15, 0.2) is 95.4 Å². The lowest BCUT2D eigenvalue weighted by molar-refractivity contribution is 0.0924. The number of furan rings is 1. The third-order valence-corrected chi connectivity index (χ3v) is 4.75. The highest BCUT2D eigenvalue weighted by Gasteiger charge is 2.13. The molecule has 0 aliphatic heterocycles. The molecule has 3 aromatic carbocycles. The van der Waals surface area contributed by atoms with Crippen LogP contribution < -0.4 is 5.32 Å².